The van der Waals surface area contributed by atoms with Crippen LogP contribution in [0.15, 0.2) is 42.5 Å². The Balaban J connectivity index is 2.24. The lowest BCUT2D eigenvalue weighted by Gasteiger charge is -2.06. The van der Waals surface area contributed by atoms with Crippen molar-refractivity contribution in [3.05, 3.63) is 63.2 Å². The summed E-state index contributed by atoms with van der Waals surface area (Å²) in [5, 5.41) is 11.5. The second-order valence-electron chi connectivity index (χ2n) is 5.07. The monoisotopic (exact) mass is 303 g/mol. The lowest BCUT2D eigenvalue weighted by atomic mass is 10.00. The van der Waals surface area contributed by atoms with Crippen molar-refractivity contribution in [1.29, 1.82) is 0 Å². The van der Waals surface area contributed by atoms with Crippen molar-refractivity contribution in [2.45, 2.75) is 32.6 Å². The minimum absolute atomic E-state index is 0.0428. The Morgan fingerprint density at radius 3 is 2.43 bits per heavy atom. The van der Waals surface area contributed by atoms with Crippen molar-refractivity contribution >= 4 is 17.3 Å². The number of hydrogen-bond donors (Lipinski definition) is 0. The maximum absolute atomic E-state index is 11.1. The molecule has 4 heteroatoms. The first-order valence-electron chi connectivity index (χ1n) is 7.15. The van der Waals surface area contributed by atoms with E-state index >= 15 is 0 Å². The normalized spacial score (nSPS) is 10.6. The van der Waals surface area contributed by atoms with Crippen LogP contribution in [-0.2, 0) is 6.42 Å². The molecule has 0 N–H and O–H groups in total. The van der Waals surface area contributed by atoms with Gasteiger partial charge in [-0.3, -0.25) is 10.1 Å². The van der Waals surface area contributed by atoms with Gasteiger partial charge in [-0.1, -0.05) is 55.6 Å². The summed E-state index contributed by atoms with van der Waals surface area (Å²) >= 11 is 5.84. The molecule has 0 aliphatic rings. The van der Waals surface area contributed by atoms with Crippen molar-refractivity contribution < 1.29 is 4.92 Å². The fourth-order valence-electron chi connectivity index (χ4n) is 2.33. The van der Waals surface area contributed by atoms with E-state index in [0.717, 1.165) is 12.0 Å². The van der Waals surface area contributed by atoms with Crippen LogP contribution in [0.4, 0.5) is 5.69 Å². The van der Waals surface area contributed by atoms with Crippen LogP contribution >= 0.6 is 11.6 Å². The second kappa shape index (κ2) is 7.23. The molecule has 21 heavy (non-hydrogen) atoms. The smallest absolute Gasteiger partial charge is 0.258 e. The van der Waals surface area contributed by atoms with Gasteiger partial charge < -0.3 is 0 Å². The molecule has 0 spiro atoms. The summed E-state index contributed by atoms with van der Waals surface area (Å²) in [6.45, 7) is 2.18. The third kappa shape index (κ3) is 4.05. The van der Waals surface area contributed by atoms with E-state index in [1.54, 1.807) is 12.1 Å². The minimum atomic E-state index is -0.392. The Morgan fingerprint density at radius 1 is 1.10 bits per heavy atom. The predicted molar refractivity (Wildman–Crippen MR) is 86.8 cm³/mol. The van der Waals surface area contributed by atoms with Crippen LogP contribution in [0.5, 0.6) is 0 Å². The highest BCUT2D eigenvalue weighted by molar-refractivity contribution is 6.30. The van der Waals surface area contributed by atoms with E-state index in [-0.39, 0.29) is 5.69 Å². The topological polar surface area (TPSA) is 43.1 Å². The Morgan fingerprint density at radius 2 is 1.81 bits per heavy atom. The number of rotatable bonds is 6. The number of halogens is 1. The van der Waals surface area contributed by atoms with Crippen LogP contribution in [0.25, 0.3) is 11.1 Å². The summed E-state index contributed by atoms with van der Waals surface area (Å²) in [6, 6.07) is 12.7. The van der Waals surface area contributed by atoms with E-state index in [1.807, 2.05) is 24.3 Å². The molecule has 2 aromatic carbocycles. The SMILES string of the molecule is CCCCCc1ccc(-c2ccc(Cl)cc2[N+](=O)[O-])cc1. The maximum atomic E-state index is 11.1. The quantitative estimate of drug-likeness (QED) is 0.393. The zero-order valence-electron chi connectivity index (χ0n) is 12.0. The van der Waals surface area contributed by atoms with Gasteiger partial charge in [0.25, 0.3) is 5.69 Å². The molecule has 0 amide bonds. The predicted octanol–water partition coefficient (Wildman–Crippen LogP) is 5.65. The molecular weight excluding hydrogens is 286 g/mol. The van der Waals surface area contributed by atoms with Crippen LogP contribution < -0.4 is 0 Å². The standard InChI is InChI=1S/C17H18ClNO2/c1-2-3-4-5-13-6-8-14(9-7-13)16-11-10-15(18)12-17(16)19(20)21/h6-12H,2-5H2,1H3. The summed E-state index contributed by atoms with van der Waals surface area (Å²) in [6.07, 6.45) is 4.66. The molecule has 2 rings (SSSR count). The maximum Gasteiger partial charge on any atom is 0.278 e. The van der Waals surface area contributed by atoms with Gasteiger partial charge in [0.2, 0.25) is 0 Å². The van der Waals surface area contributed by atoms with Gasteiger partial charge in [0.1, 0.15) is 0 Å². The molecule has 0 aromatic heterocycles. The highest BCUT2D eigenvalue weighted by Gasteiger charge is 2.15. The Hall–Kier alpha value is -1.87. The van der Waals surface area contributed by atoms with Crippen LogP contribution in [-0.4, -0.2) is 4.92 Å². The molecule has 0 saturated heterocycles. The summed E-state index contributed by atoms with van der Waals surface area (Å²) in [5.74, 6) is 0. The average Bonchev–Trinajstić information content (AvgIpc) is 2.48. The van der Waals surface area contributed by atoms with E-state index in [4.69, 9.17) is 11.6 Å². The fourth-order valence-corrected chi connectivity index (χ4v) is 2.50. The third-order valence-corrected chi connectivity index (χ3v) is 3.73. The number of hydrogen-bond acceptors (Lipinski definition) is 2. The number of nitro groups is 1. The summed E-state index contributed by atoms with van der Waals surface area (Å²) in [4.78, 5) is 10.7. The lowest BCUT2D eigenvalue weighted by Crippen LogP contribution is -1.92. The highest BCUT2D eigenvalue weighted by atomic mass is 35.5. The first-order chi connectivity index (χ1) is 10.1. The molecule has 0 radical (unpaired) electrons. The molecule has 3 nitrogen and oxygen atoms in total. The van der Waals surface area contributed by atoms with Gasteiger partial charge in [-0.15, -0.1) is 0 Å². The zero-order valence-corrected chi connectivity index (χ0v) is 12.8. The molecule has 110 valence electrons. The summed E-state index contributed by atoms with van der Waals surface area (Å²) in [5.41, 5.74) is 2.76. The second-order valence-corrected chi connectivity index (χ2v) is 5.51. The van der Waals surface area contributed by atoms with Gasteiger partial charge in [-0.2, -0.15) is 0 Å². The molecule has 0 aliphatic heterocycles. The van der Waals surface area contributed by atoms with E-state index in [1.165, 1.54) is 30.9 Å². The third-order valence-electron chi connectivity index (χ3n) is 3.49. The Kier molecular flexibility index (Phi) is 5.34. The fraction of sp³-hybridized carbons (Fsp3) is 0.294. The molecule has 0 saturated carbocycles. The summed E-state index contributed by atoms with van der Waals surface area (Å²) < 4.78 is 0. The van der Waals surface area contributed by atoms with Crippen molar-refractivity contribution in [1.82, 2.24) is 0 Å². The minimum Gasteiger partial charge on any atom is -0.258 e. The largest absolute Gasteiger partial charge is 0.278 e. The van der Waals surface area contributed by atoms with Gasteiger partial charge in [0.15, 0.2) is 0 Å². The van der Waals surface area contributed by atoms with Crippen molar-refractivity contribution in [2.24, 2.45) is 0 Å². The van der Waals surface area contributed by atoms with Gasteiger partial charge in [-0.25, -0.2) is 0 Å². The van der Waals surface area contributed by atoms with Crippen LogP contribution in [0, 0.1) is 10.1 Å². The van der Waals surface area contributed by atoms with Crippen LogP contribution in [0.2, 0.25) is 5.02 Å². The van der Waals surface area contributed by atoms with Gasteiger partial charge in [-0.05, 0) is 36.1 Å². The molecule has 0 fully saturated rings. The van der Waals surface area contributed by atoms with Crippen molar-refractivity contribution in [3.63, 3.8) is 0 Å². The first kappa shape index (κ1) is 15.5. The molecule has 0 bridgehead atoms. The Labute approximate surface area is 129 Å². The van der Waals surface area contributed by atoms with E-state index in [2.05, 4.69) is 6.92 Å². The molecule has 0 unspecified atom stereocenters. The molecule has 0 aliphatic carbocycles. The van der Waals surface area contributed by atoms with Crippen molar-refractivity contribution in [3.8, 4) is 11.1 Å². The molecular formula is C17H18ClNO2. The lowest BCUT2D eigenvalue weighted by molar-refractivity contribution is -0.384. The van der Waals surface area contributed by atoms with Gasteiger partial charge >= 0.3 is 0 Å². The number of unbranched alkanes of at least 4 members (excludes halogenated alkanes) is 2. The first-order valence-corrected chi connectivity index (χ1v) is 7.53. The highest BCUT2D eigenvalue weighted by Crippen LogP contribution is 2.32. The van der Waals surface area contributed by atoms with Gasteiger partial charge in [0, 0.05) is 11.1 Å². The van der Waals surface area contributed by atoms with E-state index in [0.29, 0.717) is 10.6 Å². The van der Waals surface area contributed by atoms with Crippen LogP contribution in [0.1, 0.15) is 31.7 Å². The van der Waals surface area contributed by atoms with Gasteiger partial charge in [0.05, 0.1) is 10.5 Å². The number of nitro benzene ring substituents is 1. The van der Waals surface area contributed by atoms with E-state index in [9.17, 15) is 10.1 Å². The number of benzene rings is 2. The molecule has 0 heterocycles. The van der Waals surface area contributed by atoms with Crippen molar-refractivity contribution in [2.75, 3.05) is 0 Å². The Bertz CT molecular complexity index is 623. The average molecular weight is 304 g/mol. The van der Waals surface area contributed by atoms with Crippen LogP contribution in [0.3, 0.4) is 0 Å². The molecule has 0 atom stereocenters. The summed E-state index contributed by atoms with van der Waals surface area (Å²) in [7, 11) is 0. The number of aryl methyl sites for hydroxylation is 1. The zero-order chi connectivity index (χ0) is 15.2. The number of nitrogens with zero attached hydrogens (tertiary/aromatic N) is 1. The van der Waals surface area contributed by atoms with E-state index < -0.39 is 4.92 Å². The molecule has 2 aromatic rings.